The zero-order valence-electron chi connectivity index (χ0n) is 10.8. The fraction of sp³-hybridized carbons (Fsp3) is 0.143. The van der Waals surface area contributed by atoms with Gasteiger partial charge >= 0.3 is 6.18 Å². The number of alkyl halides is 3. The minimum Gasteiger partial charge on any atom is -0.321 e. The molecule has 0 fully saturated rings. The Morgan fingerprint density at radius 2 is 1.86 bits per heavy atom. The van der Waals surface area contributed by atoms with E-state index in [0.717, 1.165) is 29.8 Å². The predicted octanol–water partition coefficient (Wildman–Crippen LogP) is 4.42. The molecule has 0 spiro atoms. The third-order valence-electron chi connectivity index (χ3n) is 2.75. The Morgan fingerprint density at radius 1 is 1.24 bits per heavy atom. The quantitative estimate of drug-likeness (QED) is 0.807. The van der Waals surface area contributed by atoms with E-state index < -0.39 is 17.6 Å². The van der Waals surface area contributed by atoms with Crippen LogP contribution in [0.5, 0.6) is 0 Å². The molecule has 1 heterocycles. The lowest BCUT2D eigenvalue weighted by atomic mass is 10.1. The highest BCUT2D eigenvalue weighted by Crippen LogP contribution is 2.29. The van der Waals surface area contributed by atoms with Crippen molar-refractivity contribution in [3.05, 3.63) is 57.8 Å². The molecule has 1 aromatic heterocycles. The Morgan fingerprint density at radius 3 is 2.38 bits per heavy atom. The van der Waals surface area contributed by atoms with Gasteiger partial charge in [-0.25, -0.2) is 4.98 Å². The average Bonchev–Trinajstić information content (AvgIpc) is 2.42. The van der Waals surface area contributed by atoms with Gasteiger partial charge in [0.1, 0.15) is 4.60 Å². The molecule has 21 heavy (non-hydrogen) atoms. The van der Waals surface area contributed by atoms with Crippen LogP contribution in [0.2, 0.25) is 0 Å². The van der Waals surface area contributed by atoms with E-state index in [1.54, 1.807) is 6.07 Å². The lowest BCUT2D eigenvalue weighted by Gasteiger charge is -2.09. The number of hydrogen-bond donors (Lipinski definition) is 1. The number of anilines is 1. The summed E-state index contributed by atoms with van der Waals surface area (Å²) in [5.41, 5.74) is 0.657. The van der Waals surface area contributed by atoms with Gasteiger partial charge in [0.15, 0.2) is 0 Å². The second kappa shape index (κ2) is 5.85. The van der Waals surface area contributed by atoms with E-state index in [-0.39, 0.29) is 5.56 Å². The Kier molecular flexibility index (Phi) is 4.32. The number of pyridine rings is 1. The maximum atomic E-state index is 12.4. The van der Waals surface area contributed by atoms with Crippen molar-refractivity contribution in [2.24, 2.45) is 0 Å². The lowest BCUT2D eigenvalue weighted by Crippen LogP contribution is -2.13. The molecule has 2 rings (SSSR count). The molecule has 0 atom stereocenters. The van der Waals surface area contributed by atoms with Gasteiger partial charge in [-0.1, -0.05) is 0 Å². The Balaban J connectivity index is 2.15. The van der Waals surface area contributed by atoms with Gasteiger partial charge in [-0.2, -0.15) is 13.2 Å². The van der Waals surface area contributed by atoms with Gasteiger partial charge in [-0.15, -0.1) is 0 Å². The van der Waals surface area contributed by atoms with E-state index in [4.69, 9.17) is 0 Å². The predicted molar refractivity (Wildman–Crippen MR) is 76.1 cm³/mol. The van der Waals surface area contributed by atoms with Crippen LogP contribution < -0.4 is 5.32 Å². The first-order chi connectivity index (χ1) is 9.77. The van der Waals surface area contributed by atoms with Gasteiger partial charge in [-0.3, -0.25) is 4.79 Å². The second-order valence-electron chi connectivity index (χ2n) is 4.36. The molecule has 0 radical (unpaired) electrons. The highest BCUT2D eigenvalue weighted by Gasteiger charge is 2.30. The van der Waals surface area contributed by atoms with Crippen LogP contribution in [0.4, 0.5) is 18.9 Å². The molecule has 0 unspecified atom stereocenters. The monoisotopic (exact) mass is 358 g/mol. The van der Waals surface area contributed by atoms with E-state index in [1.807, 2.05) is 6.92 Å². The number of rotatable bonds is 2. The molecular formula is C14H10BrF3N2O. The Labute approximate surface area is 127 Å². The van der Waals surface area contributed by atoms with Crippen LogP contribution in [0, 0.1) is 6.92 Å². The van der Waals surface area contributed by atoms with Crippen LogP contribution in [0.25, 0.3) is 0 Å². The van der Waals surface area contributed by atoms with Crippen molar-refractivity contribution >= 4 is 27.5 Å². The minimum atomic E-state index is -4.41. The maximum absolute atomic E-state index is 12.4. The molecule has 1 N–H and O–H groups in total. The van der Waals surface area contributed by atoms with E-state index in [1.165, 1.54) is 6.20 Å². The number of aromatic nitrogens is 1. The first kappa shape index (κ1) is 15.5. The molecule has 1 amide bonds. The zero-order chi connectivity index (χ0) is 15.6. The molecule has 110 valence electrons. The summed E-state index contributed by atoms with van der Waals surface area (Å²) in [7, 11) is 0. The molecule has 1 aromatic carbocycles. The van der Waals surface area contributed by atoms with E-state index in [2.05, 4.69) is 26.2 Å². The number of hydrogen-bond acceptors (Lipinski definition) is 2. The number of carbonyl (C=O) groups excluding carboxylic acids is 1. The van der Waals surface area contributed by atoms with Gasteiger partial charge in [0.25, 0.3) is 5.91 Å². The standard InChI is InChI=1S/C14H10BrF3N2O/c1-8-6-11(7-19-12(8)15)20-13(21)9-2-4-10(5-3-9)14(16,17)18/h2-7H,1H3,(H,20,21). The first-order valence-electron chi connectivity index (χ1n) is 5.88. The maximum Gasteiger partial charge on any atom is 0.416 e. The Hall–Kier alpha value is -1.89. The normalized spacial score (nSPS) is 11.3. The van der Waals surface area contributed by atoms with Crippen LogP contribution in [0.1, 0.15) is 21.5 Å². The van der Waals surface area contributed by atoms with Gasteiger partial charge in [0.2, 0.25) is 0 Å². The lowest BCUT2D eigenvalue weighted by molar-refractivity contribution is -0.137. The minimum absolute atomic E-state index is 0.142. The second-order valence-corrected chi connectivity index (χ2v) is 5.11. The van der Waals surface area contributed by atoms with Crippen LogP contribution in [-0.4, -0.2) is 10.9 Å². The largest absolute Gasteiger partial charge is 0.416 e. The van der Waals surface area contributed by atoms with Crippen molar-refractivity contribution in [1.29, 1.82) is 0 Å². The number of nitrogens with zero attached hydrogens (tertiary/aromatic N) is 1. The van der Waals surface area contributed by atoms with Crippen molar-refractivity contribution in [3.63, 3.8) is 0 Å². The molecule has 0 aliphatic rings. The molecular weight excluding hydrogens is 349 g/mol. The van der Waals surface area contributed by atoms with Crippen molar-refractivity contribution < 1.29 is 18.0 Å². The van der Waals surface area contributed by atoms with Gasteiger partial charge < -0.3 is 5.32 Å². The van der Waals surface area contributed by atoms with Crippen molar-refractivity contribution in [1.82, 2.24) is 4.98 Å². The van der Waals surface area contributed by atoms with E-state index in [9.17, 15) is 18.0 Å². The first-order valence-corrected chi connectivity index (χ1v) is 6.67. The van der Waals surface area contributed by atoms with E-state index >= 15 is 0 Å². The summed E-state index contributed by atoms with van der Waals surface area (Å²) < 4.78 is 38.0. The highest BCUT2D eigenvalue weighted by molar-refractivity contribution is 9.10. The molecule has 7 heteroatoms. The molecule has 3 nitrogen and oxygen atoms in total. The van der Waals surface area contributed by atoms with Gasteiger partial charge in [-0.05, 0) is 58.7 Å². The molecule has 0 saturated carbocycles. The summed E-state index contributed by atoms with van der Waals surface area (Å²) in [6, 6.07) is 5.73. The summed E-state index contributed by atoms with van der Waals surface area (Å²) in [5, 5.41) is 2.58. The molecule has 0 bridgehead atoms. The highest BCUT2D eigenvalue weighted by atomic mass is 79.9. The molecule has 0 aliphatic heterocycles. The van der Waals surface area contributed by atoms with Crippen molar-refractivity contribution in [3.8, 4) is 0 Å². The van der Waals surface area contributed by atoms with Gasteiger partial charge in [0, 0.05) is 5.56 Å². The Bertz CT molecular complexity index is 669. The zero-order valence-corrected chi connectivity index (χ0v) is 12.4. The van der Waals surface area contributed by atoms with Crippen LogP contribution >= 0.6 is 15.9 Å². The number of aryl methyl sites for hydroxylation is 1. The average molecular weight is 359 g/mol. The van der Waals surface area contributed by atoms with Crippen LogP contribution in [0.3, 0.4) is 0 Å². The smallest absolute Gasteiger partial charge is 0.321 e. The SMILES string of the molecule is Cc1cc(NC(=O)c2ccc(C(F)(F)F)cc2)cnc1Br. The van der Waals surface area contributed by atoms with Crippen LogP contribution in [0.15, 0.2) is 41.1 Å². The summed E-state index contributed by atoms with van der Waals surface area (Å²) in [5.74, 6) is -0.493. The fourth-order valence-corrected chi connectivity index (χ4v) is 1.86. The summed E-state index contributed by atoms with van der Waals surface area (Å²) >= 11 is 3.24. The van der Waals surface area contributed by atoms with Crippen molar-refractivity contribution in [2.75, 3.05) is 5.32 Å². The number of benzene rings is 1. The summed E-state index contributed by atoms with van der Waals surface area (Å²) in [6.07, 6.45) is -2.96. The topological polar surface area (TPSA) is 42.0 Å². The number of halogens is 4. The molecule has 0 saturated heterocycles. The van der Waals surface area contributed by atoms with E-state index in [0.29, 0.717) is 10.3 Å². The third kappa shape index (κ3) is 3.81. The summed E-state index contributed by atoms with van der Waals surface area (Å²) in [4.78, 5) is 16.0. The molecule has 2 aromatic rings. The number of carbonyl (C=O) groups is 1. The van der Waals surface area contributed by atoms with Crippen molar-refractivity contribution in [2.45, 2.75) is 13.1 Å². The van der Waals surface area contributed by atoms with Gasteiger partial charge in [0.05, 0.1) is 17.4 Å². The molecule has 0 aliphatic carbocycles. The number of nitrogens with one attached hydrogen (secondary N) is 1. The summed E-state index contributed by atoms with van der Waals surface area (Å²) in [6.45, 7) is 1.81. The van der Waals surface area contributed by atoms with Crippen LogP contribution in [-0.2, 0) is 6.18 Å². The third-order valence-corrected chi connectivity index (χ3v) is 3.58. The number of amides is 1. The fourth-order valence-electron chi connectivity index (χ4n) is 1.64.